The molecule has 1 rings (SSSR count). The summed E-state index contributed by atoms with van der Waals surface area (Å²) < 4.78 is 0. The first kappa shape index (κ1) is 13.7. The van der Waals surface area contributed by atoms with Gasteiger partial charge in [-0.15, -0.1) is 11.8 Å². The molecule has 2 N–H and O–H groups in total. The molecule has 0 aliphatic rings. The molecule has 6 nitrogen and oxygen atoms in total. The van der Waals surface area contributed by atoms with Crippen molar-refractivity contribution in [3.05, 3.63) is 22.2 Å². The van der Waals surface area contributed by atoms with E-state index in [4.69, 9.17) is 5.11 Å². The van der Waals surface area contributed by atoms with Gasteiger partial charge in [0.2, 0.25) is 0 Å². The Morgan fingerprint density at radius 2 is 2.35 bits per heavy atom. The lowest BCUT2D eigenvalue weighted by Crippen LogP contribution is -2.01. The van der Waals surface area contributed by atoms with Crippen LogP contribution >= 0.6 is 11.8 Å². The molecule has 0 amide bonds. The van der Waals surface area contributed by atoms with E-state index >= 15 is 0 Å². The van der Waals surface area contributed by atoms with Crippen LogP contribution in [0.5, 0.6) is 0 Å². The highest BCUT2D eigenvalue weighted by Crippen LogP contribution is 2.24. The zero-order chi connectivity index (χ0) is 12.7. The zero-order valence-corrected chi connectivity index (χ0v) is 10.4. The number of nitrogens with one attached hydrogen (secondary N) is 1. The van der Waals surface area contributed by atoms with Crippen LogP contribution in [0.25, 0.3) is 0 Å². The summed E-state index contributed by atoms with van der Waals surface area (Å²) >= 11 is 1.40. The van der Waals surface area contributed by atoms with Crippen LogP contribution in [0.3, 0.4) is 0 Å². The molecule has 94 valence electrons. The van der Waals surface area contributed by atoms with Crippen molar-refractivity contribution in [1.29, 1.82) is 0 Å². The van der Waals surface area contributed by atoms with Crippen molar-refractivity contribution in [2.24, 2.45) is 0 Å². The third kappa shape index (κ3) is 4.58. The molecule has 0 radical (unpaired) electrons. The lowest BCUT2D eigenvalue weighted by molar-refractivity contribution is -0.385. The normalized spacial score (nSPS) is 10.2. The Hall–Kier alpha value is -1.34. The zero-order valence-electron chi connectivity index (χ0n) is 9.55. The summed E-state index contributed by atoms with van der Waals surface area (Å²) in [4.78, 5) is 14.6. The molecule has 0 atom stereocenters. The number of anilines is 1. The topological polar surface area (TPSA) is 88.3 Å². The molecular formula is C10H15N3O3S. The van der Waals surface area contributed by atoms with E-state index in [1.807, 2.05) is 6.92 Å². The van der Waals surface area contributed by atoms with Crippen LogP contribution in [-0.4, -0.2) is 33.9 Å². The van der Waals surface area contributed by atoms with Gasteiger partial charge in [0.15, 0.2) is 0 Å². The molecule has 17 heavy (non-hydrogen) atoms. The van der Waals surface area contributed by atoms with Gasteiger partial charge in [-0.2, -0.15) is 0 Å². The minimum Gasteiger partial charge on any atom is -0.396 e. The lowest BCUT2D eigenvalue weighted by Gasteiger charge is -2.05. The van der Waals surface area contributed by atoms with Crippen LogP contribution in [-0.2, 0) is 0 Å². The molecular weight excluding hydrogens is 242 g/mol. The van der Waals surface area contributed by atoms with Gasteiger partial charge >= 0.3 is 0 Å². The van der Waals surface area contributed by atoms with Crippen molar-refractivity contribution in [1.82, 2.24) is 4.98 Å². The molecule has 0 aromatic carbocycles. The first-order valence-electron chi connectivity index (χ1n) is 5.31. The quantitative estimate of drug-likeness (QED) is 0.335. The number of nitro groups is 1. The molecule has 1 aromatic rings. The molecule has 0 saturated carbocycles. The van der Waals surface area contributed by atoms with E-state index in [1.54, 1.807) is 0 Å². The maximum Gasteiger partial charge on any atom is 0.275 e. The second kappa shape index (κ2) is 7.08. The fourth-order valence-electron chi connectivity index (χ4n) is 1.18. The number of aliphatic hydroxyl groups excluding tert-OH is 1. The van der Waals surface area contributed by atoms with Crippen molar-refractivity contribution in [3.8, 4) is 0 Å². The van der Waals surface area contributed by atoms with Crippen LogP contribution in [0.4, 0.5) is 11.5 Å². The van der Waals surface area contributed by atoms with Crippen LogP contribution < -0.4 is 5.32 Å². The van der Waals surface area contributed by atoms with E-state index in [0.29, 0.717) is 29.6 Å². The van der Waals surface area contributed by atoms with Crippen molar-refractivity contribution >= 4 is 23.3 Å². The van der Waals surface area contributed by atoms with Gasteiger partial charge in [0.25, 0.3) is 5.69 Å². The molecule has 0 fully saturated rings. The van der Waals surface area contributed by atoms with Crippen LogP contribution in [0.1, 0.15) is 13.3 Å². The van der Waals surface area contributed by atoms with Gasteiger partial charge in [-0.1, -0.05) is 0 Å². The summed E-state index contributed by atoms with van der Waals surface area (Å²) in [6.45, 7) is 2.68. The Morgan fingerprint density at radius 1 is 1.59 bits per heavy atom. The van der Waals surface area contributed by atoms with E-state index < -0.39 is 4.92 Å². The van der Waals surface area contributed by atoms with Gasteiger partial charge in [-0.05, 0) is 13.3 Å². The first-order chi connectivity index (χ1) is 8.17. The van der Waals surface area contributed by atoms with E-state index in [0.717, 1.165) is 0 Å². The van der Waals surface area contributed by atoms with Crippen LogP contribution in [0.15, 0.2) is 17.2 Å². The number of hydrogen-bond donors (Lipinski definition) is 2. The molecule has 0 bridgehead atoms. The van der Waals surface area contributed by atoms with E-state index in [-0.39, 0.29) is 12.3 Å². The van der Waals surface area contributed by atoms with Crippen molar-refractivity contribution in [3.63, 3.8) is 0 Å². The second-order valence-corrected chi connectivity index (χ2v) is 4.38. The lowest BCUT2D eigenvalue weighted by atomic mass is 10.4. The Morgan fingerprint density at radius 3 is 2.94 bits per heavy atom. The highest BCUT2D eigenvalue weighted by Gasteiger charge is 2.11. The Labute approximate surface area is 104 Å². The number of thioether (sulfide) groups is 1. The fraction of sp³-hybridized carbons (Fsp3) is 0.500. The van der Waals surface area contributed by atoms with Crippen LogP contribution in [0, 0.1) is 10.1 Å². The molecule has 0 unspecified atom stereocenters. The van der Waals surface area contributed by atoms with Crippen molar-refractivity contribution < 1.29 is 10.0 Å². The molecule has 1 heterocycles. The third-order valence-corrected chi connectivity index (χ3v) is 2.91. The highest BCUT2D eigenvalue weighted by atomic mass is 32.2. The van der Waals surface area contributed by atoms with Gasteiger partial charge in [-0.25, -0.2) is 4.98 Å². The standard InChI is InChI=1S/C10H15N3O3S/c1-2-11-9-6-8(13(15)16)7-10(12-9)17-5-3-4-14/h6-7,14H,2-5H2,1H3,(H,11,12). The van der Waals surface area contributed by atoms with Gasteiger partial charge < -0.3 is 10.4 Å². The predicted octanol–water partition coefficient (Wildman–Crippen LogP) is 1.90. The van der Waals surface area contributed by atoms with Gasteiger partial charge in [0.1, 0.15) is 10.8 Å². The van der Waals surface area contributed by atoms with Gasteiger partial charge in [0.05, 0.1) is 11.0 Å². The smallest absolute Gasteiger partial charge is 0.275 e. The molecule has 0 spiro atoms. The number of nitrogens with zero attached hydrogens (tertiary/aromatic N) is 2. The number of aromatic nitrogens is 1. The molecule has 0 aliphatic carbocycles. The van der Waals surface area contributed by atoms with E-state index in [9.17, 15) is 10.1 Å². The second-order valence-electron chi connectivity index (χ2n) is 3.26. The predicted molar refractivity (Wildman–Crippen MR) is 67.5 cm³/mol. The Balaban J connectivity index is 2.83. The number of aliphatic hydroxyl groups is 1. The number of hydrogen-bond acceptors (Lipinski definition) is 6. The van der Waals surface area contributed by atoms with Gasteiger partial charge in [-0.3, -0.25) is 10.1 Å². The minimum absolute atomic E-state index is 0.0300. The summed E-state index contributed by atoms with van der Waals surface area (Å²) in [6, 6.07) is 2.86. The summed E-state index contributed by atoms with van der Waals surface area (Å²) in [5, 5.41) is 23.0. The maximum atomic E-state index is 10.7. The van der Waals surface area contributed by atoms with E-state index in [2.05, 4.69) is 10.3 Å². The Bertz CT molecular complexity index is 387. The summed E-state index contributed by atoms with van der Waals surface area (Å²) in [7, 11) is 0. The van der Waals surface area contributed by atoms with Crippen molar-refractivity contribution in [2.45, 2.75) is 18.4 Å². The first-order valence-corrected chi connectivity index (χ1v) is 6.30. The van der Waals surface area contributed by atoms with Gasteiger partial charge in [0, 0.05) is 25.0 Å². The average molecular weight is 257 g/mol. The molecule has 1 aromatic heterocycles. The Kier molecular flexibility index (Phi) is 5.71. The fourth-order valence-corrected chi connectivity index (χ4v) is 2.03. The van der Waals surface area contributed by atoms with Crippen LogP contribution in [0.2, 0.25) is 0 Å². The average Bonchev–Trinajstić information content (AvgIpc) is 2.29. The summed E-state index contributed by atoms with van der Waals surface area (Å²) in [5.74, 6) is 1.20. The monoisotopic (exact) mass is 257 g/mol. The number of pyridine rings is 1. The molecule has 0 saturated heterocycles. The van der Waals surface area contributed by atoms with E-state index in [1.165, 1.54) is 23.9 Å². The highest BCUT2D eigenvalue weighted by molar-refractivity contribution is 7.99. The summed E-state index contributed by atoms with van der Waals surface area (Å²) in [5.41, 5.74) is 0.0300. The third-order valence-electron chi connectivity index (χ3n) is 1.91. The molecule has 7 heteroatoms. The molecule has 0 aliphatic heterocycles. The number of rotatable bonds is 7. The minimum atomic E-state index is -0.432. The summed E-state index contributed by atoms with van der Waals surface area (Å²) in [6.07, 6.45) is 0.644. The SMILES string of the molecule is CCNc1cc([N+](=O)[O-])cc(SCCCO)n1. The maximum absolute atomic E-state index is 10.7. The largest absolute Gasteiger partial charge is 0.396 e. The van der Waals surface area contributed by atoms with Crippen molar-refractivity contribution in [2.75, 3.05) is 24.2 Å².